The maximum absolute atomic E-state index is 3.73. The first-order valence-corrected chi connectivity index (χ1v) is 8.25. The highest BCUT2D eigenvalue weighted by Crippen LogP contribution is 2.29. The molecule has 4 unspecified atom stereocenters. The molecule has 0 radical (unpaired) electrons. The number of hydrogen-bond donors (Lipinski definition) is 1. The molecular weight excluding hydrogens is 234 g/mol. The minimum atomic E-state index is 0.754. The van der Waals surface area contributed by atoms with E-state index in [-0.39, 0.29) is 0 Å². The summed E-state index contributed by atoms with van der Waals surface area (Å²) in [7, 11) is 4.47. The van der Waals surface area contributed by atoms with Crippen LogP contribution in [-0.2, 0) is 0 Å². The Hall–Kier alpha value is -0.120. The van der Waals surface area contributed by atoms with Crippen molar-refractivity contribution in [3.63, 3.8) is 0 Å². The number of likely N-dealkylation sites (N-methyl/N-ethyl adjacent to an activating group) is 1. The van der Waals surface area contributed by atoms with Crippen LogP contribution < -0.4 is 5.32 Å². The van der Waals surface area contributed by atoms with E-state index in [0.717, 1.165) is 24.0 Å². The number of nitrogens with zero attached hydrogens (tertiary/aromatic N) is 2. The highest BCUT2D eigenvalue weighted by molar-refractivity contribution is 4.92. The molecule has 0 spiro atoms. The molecule has 1 heterocycles. The summed E-state index contributed by atoms with van der Waals surface area (Å²) in [6.07, 6.45) is 6.83. The summed E-state index contributed by atoms with van der Waals surface area (Å²) in [6.45, 7) is 8.44. The Morgan fingerprint density at radius 2 is 2.00 bits per heavy atom. The zero-order valence-corrected chi connectivity index (χ0v) is 13.4. The molecule has 1 saturated heterocycles. The van der Waals surface area contributed by atoms with Crippen molar-refractivity contribution in [3.05, 3.63) is 0 Å². The zero-order valence-electron chi connectivity index (χ0n) is 13.4. The summed E-state index contributed by atoms with van der Waals surface area (Å²) < 4.78 is 0. The van der Waals surface area contributed by atoms with Crippen LogP contribution in [0.1, 0.15) is 46.0 Å². The molecule has 2 rings (SSSR count). The van der Waals surface area contributed by atoms with Crippen LogP contribution in [0.5, 0.6) is 0 Å². The lowest BCUT2D eigenvalue weighted by Crippen LogP contribution is -2.44. The first kappa shape index (κ1) is 15.3. The average Bonchev–Trinajstić information content (AvgIpc) is 2.79. The second-order valence-electron chi connectivity index (χ2n) is 6.93. The molecule has 3 nitrogen and oxygen atoms in total. The van der Waals surface area contributed by atoms with Gasteiger partial charge < -0.3 is 10.2 Å². The number of rotatable bonds is 5. The van der Waals surface area contributed by atoms with Crippen LogP contribution in [0.25, 0.3) is 0 Å². The van der Waals surface area contributed by atoms with Gasteiger partial charge in [0.25, 0.3) is 0 Å². The third-order valence-corrected chi connectivity index (χ3v) is 5.11. The third-order valence-electron chi connectivity index (χ3n) is 5.11. The fourth-order valence-corrected chi connectivity index (χ4v) is 3.99. The van der Waals surface area contributed by atoms with Gasteiger partial charge in [0.2, 0.25) is 0 Å². The molecule has 2 fully saturated rings. The average molecular weight is 267 g/mol. The smallest absolute Gasteiger partial charge is 0.0254 e. The van der Waals surface area contributed by atoms with Crippen molar-refractivity contribution < 1.29 is 0 Å². The highest BCUT2D eigenvalue weighted by atomic mass is 15.3. The second kappa shape index (κ2) is 7.05. The van der Waals surface area contributed by atoms with E-state index < -0.39 is 0 Å². The predicted octanol–water partition coefficient (Wildman–Crippen LogP) is 2.18. The molecule has 1 saturated carbocycles. The molecule has 0 bridgehead atoms. The minimum absolute atomic E-state index is 0.754. The Balaban J connectivity index is 1.84. The van der Waals surface area contributed by atoms with Crippen LogP contribution in [0.15, 0.2) is 0 Å². The van der Waals surface area contributed by atoms with Crippen LogP contribution in [0, 0.1) is 5.92 Å². The van der Waals surface area contributed by atoms with Gasteiger partial charge >= 0.3 is 0 Å². The van der Waals surface area contributed by atoms with Gasteiger partial charge in [0, 0.05) is 31.2 Å². The molecule has 1 N–H and O–H groups in total. The molecule has 1 aliphatic carbocycles. The Morgan fingerprint density at radius 1 is 1.21 bits per heavy atom. The van der Waals surface area contributed by atoms with Gasteiger partial charge in [-0.05, 0) is 52.2 Å². The molecule has 4 atom stereocenters. The summed E-state index contributed by atoms with van der Waals surface area (Å²) >= 11 is 0. The number of nitrogens with one attached hydrogen (secondary N) is 1. The SMILES string of the molecule is CCCNC1CCCC(N2CC(C)C(N(C)C)C2)C1. The van der Waals surface area contributed by atoms with E-state index in [1.165, 1.54) is 51.7 Å². The highest BCUT2D eigenvalue weighted by Gasteiger charge is 2.36. The van der Waals surface area contributed by atoms with Crippen molar-refractivity contribution in [2.75, 3.05) is 33.7 Å². The van der Waals surface area contributed by atoms with E-state index in [2.05, 4.69) is 43.1 Å². The molecule has 3 heteroatoms. The topological polar surface area (TPSA) is 18.5 Å². The van der Waals surface area contributed by atoms with E-state index in [1.54, 1.807) is 0 Å². The molecule has 0 aromatic carbocycles. The van der Waals surface area contributed by atoms with Crippen LogP contribution in [0.3, 0.4) is 0 Å². The molecule has 0 amide bonds. The summed E-state index contributed by atoms with van der Waals surface area (Å²) in [5, 5.41) is 3.73. The fourth-order valence-electron chi connectivity index (χ4n) is 3.99. The second-order valence-corrected chi connectivity index (χ2v) is 6.93. The van der Waals surface area contributed by atoms with Crippen LogP contribution in [0.4, 0.5) is 0 Å². The van der Waals surface area contributed by atoms with Gasteiger partial charge in [-0.1, -0.05) is 20.3 Å². The van der Waals surface area contributed by atoms with Gasteiger partial charge in [-0.25, -0.2) is 0 Å². The van der Waals surface area contributed by atoms with Gasteiger partial charge in [0.05, 0.1) is 0 Å². The fraction of sp³-hybridized carbons (Fsp3) is 1.00. The molecule has 2 aliphatic rings. The lowest BCUT2D eigenvalue weighted by molar-refractivity contribution is 0.157. The molecule has 112 valence electrons. The van der Waals surface area contributed by atoms with E-state index in [4.69, 9.17) is 0 Å². The van der Waals surface area contributed by atoms with E-state index in [1.807, 2.05) is 0 Å². The van der Waals surface area contributed by atoms with Gasteiger partial charge in [-0.2, -0.15) is 0 Å². The van der Waals surface area contributed by atoms with Crippen molar-refractivity contribution in [3.8, 4) is 0 Å². The number of hydrogen-bond acceptors (Lipinski definition) is 3. The standard InChI is InChI=1S/C16H33N3/c1-5-9-17-14-7-6-8-15(10-14)19-11-13(2)16(12-19)18(3)4/h13-17H,5-12H2,1-4H3. The van der Waals surface area contributed by atoms with Crippen LogP contribution >= 0.6 is 0 Å². The molecule has 0 aromatic rings. The van der Waals surface area contributed by atoms with Crippen LogP contribution in [0.2, 0.25) is 0 Å². The maximum Gasteiger partial charge on any atom is 0.0254 e. The summed E-state index contributed by atoms with van der Waals surface area (Å²) in [5.74, 6) is 0.818. The summed E-state index contributed by atoms with van der Waals surface area (Å²) in [6, 6.07) is 2.35. The first-order valence-electron chi connectivity index (χ1n) is 8.25. The van der Waals surface area contributed by atoms with Crippen molar-refractivity contribution in [1.82, 2.24) is 15.1 Å². The zero-order chi connectivity index (χ0) is 13.8. The largest absolute Gasteiger partial charge is 0.314 e. The summed E-state index contributed by atoms with van der Waals surface area (Å²) in [5.41, 5.74) is 0. The Bertz CT molecular complexity index is 267. The Labute approximate surface area is 119 Å². The first-order chi connectivity index (χ1) is 9.11. The van der Waals surface area contributed by atoms with Gasteiger partial charge in [-0.3, -0.25) is 4.90 Å². The molecule has 1 aliphatic heterocycles. The van der Waals surface area contributed by atoms with Crippen molar-refractivity contribution in [2.45, 2.75) is 64.1 Å². The van der Waals surface area contributed by atoms with Crippen molar-refractivity contribution >= 4 is 0 Å². The molecular formula is C16H33N3. The number of likely N-dealkylation sites (tertiary alicyclic amines) is 1. The third kappa shape index (κ3) is 3.93. The lowest BCUT2D eigenvalue weighted by atomic mass is 9.90. The predicted molar refractivity (Wildman–Crippen MR) is 82.5 cm³/mol. The van der Waals surface area contributed by atoms with Crippen molar-refractivity contribution in [2.24, 2.45) is 5.92 Å². The van der Waals surface area contributed by atoms with E-state index >= 15 is 0 Å². The summed E-state index contributed by atoms with van der Waals surface area (Å²) in [4.78, 5) is 5.19. The van der Waals surface area contributed by atoms with Gasteiger partial charge in [-0.15, -0.1) is 0 Å². The van der Waals surface area contributed by atoms with E-state index in [9.17, 15) is 0 Å². The Kier molecular flexibility index (Phi) is 5.67. The van der Waals surface area contributed by atoms with Gasteiger partial charge in [0.1, 0.15) is 0 Å². The monoisotopic (exact) mass is 267 g/mol. The Morgan fingerprint density at radius 3 is 2.63 bits per heavy atom. The molecule has 19 heavy (non-hydrogen) atoms. The van der Waals surface area contributed by atoms with E-state index in [0.29, 0.717) is 0 Å². The van der Waals surface area contributed by atoms with Gasteiger partial charge in [0.15, 0.2) is 0 Å². The molecule has 0 aromatic heterocycles. The quantitative estimate of drug-likeness (QED) is 0.824. The minimum Gasteiger partial charge on any atom is -0.314 e. The van der Waals surface area contributed by atoms with Crippen LogP contribution in [-0.4, -0.2) is 61.7 Å². The maximum atomic E-state index is 3.73. The lowest BCUT2D eigenvalue weighted by Gasteiger charge is -2.36. The van der Waals surface area contributed by atoms with Crippen molar-refractivity contribution in [1.29, 1.82) is 0 Å². The normalized spacial score (nSPS) is 37.1.